The summed E-state index contributed by atoms with van der Waals surface area (Å²) in [4.78, 5) is 14.2. The highest BCUT2D eigenvalue weighted by Gasteiger charge is 2.15. The maximum absolute atomic E-state index is 11.8. The zero-order valence-corrected chi connectivity index (χ0v) is 12.0. The van der Waals surface area contributed by atoms with E-state index in [0.717, 1.165) is 19.5 Å². The van der Waals surface area contributed by atoms with E-state index in [0.29, 0.717) is 24.8 Å². The van der Waals surface area contributed by atoms with Crippen LogP contribution in [-0.4, -0.2) is 43.5 Å². The van der Waals surface area contributed by atoms with Crippen LogP contribution in [0.4, 0.5) is 0 Å². The minimum absolute atomic E-state index is 0.158. The molecule has 1 atom stereocenters. The third-order valence-electron chi connectivity index (χ3n) is 3.56. The van der Waals surface area contributed by atoms with E-state index >= 15 is 0 Å². The van der Waals surface area contributed by atoms with Gasteiger partial charge in [-0.25, -0.2) is 0 Å². The Morgan fingerprint density at radius 3 is 2.56 bits per heavy atom. The molecular formula is C14H29N3O. The molecule has 0 aliphatic carbocycles. The summed E-state index contributed by atoms with van der Waals surface area (Å²) in [5, 5.41) is 3.01. The summed E-state index contributed by atoms with van der Waals surface area (Å²) in [6, 6.07) is 0. The van der Waals surface area contributed by atoms with Crippen LogP contribution >= 0.6 is 0 Å². The highest BCUT2D eigenvalue weighted by atomic mass is 16.1. The minimum atomic E-state index is 0.158. The van der Waals surface area contributed by atoms with Crippen molar-refractivity contribution in [1.82, 2.24) is 10.2 Å². The number of nitrogens with zero attached hydrogens (tertiary/aromatic N) is 1. The van der Waals surface area contributed by atoms with Crippen molar-refractivity contribution in [3.8, 4) is 0 Å². The molecule has 0 aromatic rings. The van der Waals surface area contributed by atoms with E-state index in [2.05, 4.69) is 24.1 Å². The summed E-state index contributed by atoms with van der Waals surface area (Å²) < 4.78 is 0. The lowest BCUT2D eigenvalue weighted by atomic mass is 9.94. The van der Waals surface area contributed by atoms with E-state index < -0.39 is 0 Å². The summed E-state index contributed by atoms with van der Waals surface area (Å²) >= 11 is 0. The number of rotatable bonds is 8. The predicted octanol–water partition coefficient (Wildman–Crippen LogP) is 1.21. The molecule has 0 unspecified atom stereocenters. The third-order valence-corrected chi connectivity index (χ3v) is 3.56. The lowest BCUT2D eigenvalue weighted by molar-refractivity contribution is -0.122. The zero-order chi connectivity index (χ0) is 13.4. The first-order chi connectivity index (χ1) is 8.61. The van der Waals surface area contributed by atoms with Gasteiger partial charge in [0.1, 0.15) is 0 Å². The number of likely N-dealkylation sites (tertiary alicyclic amines) is 1. The van der Waals surface area contributed by atoms with E-state index in [1.165, 1.54) is 25.9 Å². The first kappa shape index (κ1) is 15.4. The van der Waals surface area contributed by atoms with Crippen molar-refractivity contribution in [1.29, 1.82) is 0 Å². The molecule has 1 saturated heterocycles. The maximum atomic E-state index is 11.8. The fraction of sp³-hybridized carbons (Fsp3) is 0.929. The molecule has 0 bridgehead atoms. The van der Waals surface area contributed by atoms with Gasteiger partial charge in [-0.3, -0.25) is 4.79 Å². The fourth-order valence-electron chi connectivity index (χ4n) is 2.62. The Balaban J connectivity index is 2.11. The van der Waals surface area contributed by atoms with Gasteiger partial charge in [-0.2, -0.15) is 0 Å². The number of hydrogen-bond acceptors (Lipinski definition) is 3. The Bertz CT molecular complexity index is 237. The molecule has 4 heteroatoms. The standard InChI is InChI=1S/C14H29N3O/c1-12(2)9-13(11-15)10-14(18)16-5-8-17-6-3-4-7-17/h12-13H,3-11,15H2,1-2H3,(H,16,18)/t13-/m0/s1. The van der Waals surface area contributed by atoms with Crippen LogP contribution in [-0.2, 0) is 4.79 Å². The van der Waals surface area contributed by atoms with Gasteiger partial charge in [0, 0.05) is 19.5 Å². The lowest BCUT2D eigenvalue weighted by Crippen LogP contribution is -2.35. The highest BCUT2D eigenvalue weighted by Crippen LogP contribution is 2.13. The third kappa shape index (κ3) is 6.36. The predicted molar refractivity (Wildman–Crippen MR) is 75.3 cm³/mol. The molecular weight excluding hydrogens is 226 g/mol. The van der Waals surface area contributed by atoms with Gasteiger partial charge in [0.25, 0.3) is 0 Å². The van der Waals surface area contributed by atoms with Crippen LogP contribution < -0.4 is 11.1 Å². The second-order valence-corrected chi connectivity index (χ2v) is 5.83. The van der Waals surface area contributed by atoms with Crippen LogP contribution in [0.15, 0.2) is 0 Å². The number of carbonyl (C=O) groups excluding carboxylic acids is 1. The Morgan fingerprint density at radius 1 is 1.33 bits per heavy atom. The molecule has 1 amide bonds. The highest BCUT2D eigenvalue weighted by molar-refractivity contribution is 5.76. The molecule has 0 aromatic heterocycles. The van der Waals surface area contributed by atoms with Gasteiger partial charge in [-0.05, 0) is 50.7 Å². The number of nitrogens with two attached hydrogens (primary N) is 1. The molecule has 0 saturated carbocycles. The van der Waals surface area contributed by atoms with Gasteiger partial charge in [-0.15, -0.1) is 0 Å². The largest absolute Gasteiger partial charge is 0.355 e. The van der Waals surface area contributed by atoms with Crippen LogP contribution in [0, 0.1) is 11.8 Å². The molecule has 3 N–H and O–H groups in total. The van der Waals surface area contributed by atoms with Gasteiger partial charge in [0.05, 0.1) is 0 Å². The van der Waals surface area contributed by atoms with Crippen LogP contribution in [0.25, 0.3) is 0 Å². The van der Waals surface area contributed by atoms with Crippen molar-refractivity contribution in [2.45, 2.75) is 39.5 Å². The van der Waals surface area contributed by atoms with Gasteiger partial charge in [0.15, 0.2) is 0 Å². The molecule has 1 heterocycles. The SMILES string of the molecule is CC(C)C[C@H](CN)CC(=O)NCCN1CCCC1. The number of amides is 1. The Labute approximate surface area is 111 Å². The van der Waals surface area contributed by atoms with Crippen LogP contribution in [0.1, 0.15) is 39.5 Å². The van der Waals surface area contributed by atoms with Crippen molar-refractivity contribution in [2.24, 2.45) is 17.6 Å². The lowest BCUT2D eigenvalue weighted by Gasteiger charge is -2.18. The molecule has 0 aromatic carbocycles. The average Bonchev–Trinajstić information content (AvgIpc) is 2.80. The minimum Gasteiger partial charge on any atom is -0.355 e. The molecule has 1 aliphatic rings. The summed E-state index contributed by atoms with van der Waals surface area (Å²) in [6.07, 6.45) is 4.22. The first-order valence-electron chi connectivity index (χ1n) is 7.31. The van der Waals surface area contributed by atoms with Crippen molar-refractivity contribution < 1.29 is 4.79 Å². The summed E-state index contributed by atoms with van der Waals surface area (Å²) in [6.45, 7) is 9.10. The van der Waals surface area contributed by atoms with Crippen molar-refractivity contribution in [3.05, 3.63) is 0 Å². The molecule has 0 spiro atoms. The molecule has 18 heavy (non-hydrogen) atoms. The smallest absolute Gasteiger partial charge is 0.220 e. The van der Waals surface area contributed by atoms with Crippen molar-refractivity contribution in [2.75, 3.05) is 32.7 Å². The van der Waals surface area contributed by atoms with Gasteiger partial charge in [0.2, 0.25) is 5.91 Å². The molecule has 1 fully saturated rings. The van der Waals surface area contributed by atoms with Gasteiger partial charge in [-0.1, -0.05) is 13.8 Å². The van der Waals surface area contributed by atoms with E-state index in [-0.39, 0.29) is 5.91 Å². The van der Waals surface area contributed by atoms with E-state index in [4.69, 9.17) is 5.73 Å². The summed E-state index contributed by atoms with van der Waals surface area (Å²) in [5.41, 5.74) is 5.71. The molecule has 106 valence electrons. The molecule has 1 rings (SSSR count). The maximum Gasteiger partial charge on any atom is 0.220 e. The average molecular weight is 255 g/mol. The quantitative estimate of drug-likeness (QED) is 0.685. The van der Waals surface area contributed by atoms with E-state index in [9.17, 15) is 4.79 Å². The zero-order valence-electron chi connectivity index (χ0n) is 12.0. The molecule has 1 aliphatic heterocycles. The molecule has 0 radical (unpaired) electrons. The van der Waals surface area contributed by atoms with Crippen molar-refractivity contribution >= 4 is 5.91 Å². The van der Waals surface area contributed by atoms with Crippen LogP contribution in [0.3, 0.4) is 0 Å². The van der Waals surface area contributed by atoms with Crippen LogP contribution in [0.2, 0.25) is 0 Å². The van der Waals surface area contributed by atoms with Crippen molar-refractivity contribution in [3.63, 3.8) is 0 Å². The second-order valence-electron chi connectivity index (χ2n) is 5.83. The van der Waals surface area contributed by atoms with Gasteiger partial charge < -0.3 is 16.0 Å². The number of carbonyl (C=O) groups is 1. The number of hydrogen-bond donors (Lipinski definition) is 2. The first-order valence-corrected chi connectivity index (χ1v) is 7.31. The van der Waals surface area contributed by atoms with Crippen LogP contribution in [0.5, 0.6) is 0 Å². The van der Waals surface area contributed by atoms with Gasteiger partial charge >= 0.3 is 0 Å². The van der Waals surface area contributed by atoms with E-state index in [1.807, 2.05) is 0 Å². The Hall–Kier alpha value is -0.610. The topological polar surface area (TPSA) is 58.4 Å². The normalized spacial score (nSPS) is 18.2. The summed E-state index contributed by atoms with van der Waals surface area (Å²) in [5.74, 6) is 1.10. The van der Waals surface area contributed by atoms with E-state index in [1.54, 1.807) is 0 Å². The molecule has 4 nitrogen and oxygen atoms in total. The second kappa shape index (κ2) is 8.48. The number of nitrogens with one attached hydrogen (secondary N) is 1. The monoisotopic (exact) mass is 255 g/mol. The Kier molecular flexibility index (Phi) is 7.28. The fourth-order valence-corrected chi connectivity index (χ4v) is 2.62. The summed E-state index contributed by atoms with van der Waals surface area (Å²) in [7, 11) is 0. The Morgan fingerprint density at radius 2 is 2.00 bits per heavy atom.